The summed E-state index contributed by atoms with van der Waals surface area (Å²) < 4.78 is 35.3. The highest BCUT2D eigenvalue weighted by Crippen LogP contribution is 2.25. The van der Waals surface area contributed by atoms with E-state index >= 15 is 0 Å². The van der Waals surface area contributed by atoms with Crippen molar-refractivity contribution in [2.45, 2.75) is 32.2 Å². The molecule has 0 radical (unpaired) electrons. The summed E-state index contributed by atoms with van der Waals surface area (Å²) in [5, 5.41) is 0. The molecule has 142 valence electrons. The van der Waals surface area contributed by atoms with Gasteiger partial charge in [0.2, 0.25) is 10.0 Å². The molecular weight excluding hydrogens is 362 g/mol. The number of hydrogen-bond acceptors (Lipinski definition) is 4. The number of ether oxygens (including phenoxy) is 1. The average molecular weight is 385 g/mol. The first-order chi connectivity index (χ1) is 12.8. The predicted molar refractivity (Wildman–Crippen MR) is 105 cm³/mol. The van der Waals surface area contributed by atoms with Gasteiger partial charge in [0.1, 0.15) is 11.6 Å². The van der Waals surface area contributed by atoms with Gasteiger partial charge in [-0.05, 0) is 61.7 Å². The molecule has 0 fully saturated rings. The maximum atomic E-state index is 12.7. The summed E-state index contributed by atoms with van der Waals surface area (Å²) in [5.74, 6) is 1.57. The summed E-state index contributed by atoms with van der Waals surface area (Å²) in [7, 11) is -2.04. The van der Waals surface area contributed by atoms with Gasteiger partial charge in [0.25, 0.3) is 0 Å². The monoisotopic (exact) mass is 385 g/mol. The summed E-state index contributed by atoms with van der Waals surface area (Å²) in [6, 6.07) is 11.1. The van der Waals surface area contributed by atoms with E-state index in [4.69, 9.17) is 4.74 Å². The maximum absolute atomic E-state index is 12.7. The Hall–Kier alpha value is -2.64. The number of nitrogens with one attached hydrogen (secondary N) is 1. The van der Waals surface area contributed by atoms with Gasteiger partial charge in [-0.25, -0.2) is 18.1 Å². The zero-order chi connectivity index (χ0) is 19.6. The van der Waals surface area contributed by atoms with Crippen molar-refractivity contribution in [1.29, 1.82) is 0 Å². The lowest BCUT2D eigenvalue weighted by Gasteiger charge is -2.13. The van der Waals surface area contributed by atoms with Crippen LogP contribution in [0.1, 0.15) is 22.5 Å². The fourth-order valence-corrected chi connectivity index (χ4v) is 4.28. The number of methoxy groups -OCH3 is 1. The Morgan fingerprint density at radius 1 is 1.07 bits per heavy atom. The molecule has 3 aromatic rings. The third-order valence-corrected chi connectivity index (χ3v) is 6.03. The smallest absolute Gasteiger partial charge is 0.241 e. The van der Waals surface area contributed by atoms with Crippen LogP contribution in [-0.2, 0) is 16.6 Å². The molecule has 0 unspecified atom stereocenters. The van der Waals surface area contributed by atoms with Crippen LogP contribution in [0.4, 0.5) is 0 Å². The number of sulfonamides is 1. The van der Waals surface area contributed by atoms with Crippen LogP contribution in [0.2, 0.25) is 0 Å². The van der Waals surface area contributed by atoms with E-state index in [1.54, 1.807) is 32.4 Å². The molecule has 3 rings (SSSR count). The third-order valence-electron chi connectivity index (χ3n) is 4.49. The van der Waals surface area contributed by atoms with E-state index in [-0.39, 0.29) is 11.4 Å². The van der Waals surface area contributed by atoms with Gasteiger partial charge in [-0.2, -0.15) is 0 Å². The Kier molecular flexibility index (Phi) is 5.34. The van der Waals surface area contributed by atoms with Crippen LogP contribution in [0.3, 0.4) is 0 Å². The molecule has 1 heterocycles. The molecule has 6 nitrogen and oxygen atoms in total. The SMILES string of the molecule is COc1cc(C)c(S(=O)(=O)NCc2ccc(-n3ccnc3C)cc2)cc1C. The molecule has 0 aliphatic carbocycles. The lowest BCUT2D eigenvalue weighted by molar-refractivity contribution is 0.411. The van der Waals surface area contributed by atoms with Crippen LogP contribution in [0.15, 0.2) is 53.7 Å². The zero-order valence-corrected chi connectivity index (χ0v) is 16.7. The van der Waals surface area contributed by atoms with Crippen molar-refractivity contribution in [3.05, 3.63) is 71.3 Å². The Balaban J connectivity index is 1.76. The number of benzene rings is 2. The molecule has 27 heavy (non-hydrogen) atoms. The molecule has 7 heteroatoms. The molecule has 0 spiro atoms. The minimum absolute atomic E-state index is 0.218. The van der Waals surface area contributed by atoms with Crippen molar-refractivity contribution >= 4 is 10.0 Å². The van der Waals surface area contributed by atoms with E-state index in [0.29, 0.717) is 11.3 Å². The number of aromatic nitrogens is 2. The molecule has 0 saturated carbocycles. The molecule has 0 bridgehead atoms. The summed E-state index contributed by atoms with van der Waals surface area (Å²) >= 11 is 0. The van der Waals surface area contributed by atoms with Crippen molar-refractivity contribution in [1.82, 2.24) is 14.3 Å². The van der Waals surface area contributed by atoms with Crippen LogP contribution in [0.5, 0.6) is 5.75 Å². The summed E-state index contributed by atoms with van der Waals surface area (Å²) in [5.41, 5.74) is 3.29. The molecule has 1 aromatic heterocycles. The molecule has 0 amide bonds. The van der Waals surface area contributed by atoms with E-state index in [2.05, 4.69) is 9.71 Å². The van der Waals surface area contributed by atoms with E-state index < -0.39 is 10.0 Å². The molecule has 0 aliphatic rings. The molecule has 0 aliphatic heterocycles. The Morgan fingerprint density at radius 3 is 2.37 bits per heavy atom. The van der Waals surface area contributed by atoms with E-state index in [0.717, 1.165) is 22.6 Å². The lowest BCUT2D eigenvalue weighted by Crippen LogP contribution is -2.24. The topological polar surface area (TPSA) is 73.2 Å². The fourth-order valence-electron chi connectivity index (χ4n) is 2.95. The minimum atomic E-state index is -3.62. The van der Waals surface area contributed by atoms with Gasteiger partial charge in [0.15, 0.2) is 0 Å². The standard InChI is InChI=1S/C20H23N3O3S/c1-14-12-20(15(2)11-19(14)26-4)27(24,25)22-13-17-5-7-18(8-6-17)23-10-9-21-16(23)3/h5-12,22H,13H2,1-4H3. The van der Waals surface area contributed by atoms with Crippen LogP contribution < -0.4 is 9.46 Å². The van der Waals surface area contributed by atoms with Crippen LogP contribution in [0, 0.1) is 20.8 Å². The molecule has 0 atom stereocenters. The second kappa shape index (κ2) is 7.54. The number of rotatable bonds is 6. The Bertz CT molecular complexity index is 1050. The van der Waals surface area contributed by atoms with E-state index in [1.165, 1.54) is 0 Å². The van der Waals surface area contributed by atoms with Crippen LogP contribution in [0.25, 0.3) is 5.69 Å². The van der Waals surface area contributed by atoms with Gasteiger partial charge < -0.3 is 9.30 Å². The highest BCUT2D eigenvalue weighted by molar-refractivity contribution is 7.89. The molecule has 0 saturated heterocycles. The first-order valence-corrected chi connectivity index (χ1v) is 10.0. The summed E-state index contributed by atoms with van der Waals surface area (Å²) in [4.78, 5) is 4.48. The number of imidazole rings is 1. The third kappa shape index (κ3) is 4.04. The van der Waals surface area contributed by atoms with Crippen molar-refractivity contribution in [2.24, 2.45) is 0 Å². The normalized spacial score (nSPS) is 11.6. The lowest BCUT2D eigenvalue weighted by atomic mass is 10.1. The fraction of sp³-hybridized carbons (Fsp3) is 0.250. The summed E-state index contributed by atoms with van der Waals surface area (Å²) in [6.07, 6.45) is 3.64. The first kappa shape index (κ1) is 19.1. The summed E-state index contributed by atoms with van der Waals surface area (Å²) in [6.45, 7) is 5.74. The van der Waals surface area contributed by atoms with Crippen molar-refractivity contribution in [3.63, 3.8) is 0 Å². The quantitative estimate of drug-likeness (QED) is 0.707. The average Bonchev–Trinajstić information content (AvgIpc) is 3.08. The maximum Gasteiger partial charge on any atom is 0.241 e. The highest BCUT2D eigenvalue weighted by Gasteiger charge is 2.18. The van der Waals surface area contributed by atoms with E-state index in [1.807, 2.05) is 48.9 Å². The van der Waals surface area contributed by atoms with Crippen molar-refractivity contribution in [2.75, 3.05) is 7.11 Å². The number of hydrogen-bond donors (Lipinski definition) is 1. The number of aryl methyl sites for hydroxylation is 3. The second-order valence-electron chi connectivity index (χ2n) is 6.42. The van der Waals surface area contributed by atoms with E-state index in [9.17, 15) is 8.42 Å². The second-order valence-corrected chi connectivity index (χ2v) is 8.16. The Labute approximate surface area is 159 Å². The predicted octanol–water partition coefficient (Wildman–Crippen LogP) is 3.28. The largest absolute Gasteiger partial charge is 0.496 e. The van der Waals surface area contributed by atoms with Gasteiger partial charge in [0.05, 0.1) is 12.0 Å². The molecule has 2 aromatic carbocycles. The van der Waals surface area contributed by atoms with Crippen molar-refractivity contribution in [3.8, 4) is 11.4 Å². The van der Waals surface area contributed by atoms with Crippen molar-refractivity contribution < 1.29 is 13.2 Å². The number of nitrogens with zero attached hydrogens (tertiary/aromatic N) is 2. The van der Waals surface area contributed by atoms with Gasteiger partial charge in [-0.15, -0.1) is 0 Å². The van der Waals surface area contributed by atoms with Gasteiger partial charge >= 0.3 is 0 Å². The van der Waals surface area contributed by atoms with Gasteiger partial charge in [0, 0.05) is 24.6 Å². The first-order valence-electron chi connectivity index (χ1n) is 8.56. The zero-order valence-electron chi connectivity index (χ0n) is 15.9. The van der Waals surface area contributed by atoms with Gasteiger partial charge in [-0.3, -0.25) is 0 Å². The minimum Gasteiger partial charge on any atom is -0.496 e. The Morgan fingerprint density at radius 2 is 1.78 bits per heavy atom. The van der Waals surface area contributed by atoms with Crippen LogP contribution >= 0.6 is 0 Å². The molecule has 1 N–H and O–H groups in total. The van der Waals surface area contributed by atoms with Crippen LogP contribution in [-0.4, -0.2) is 25.1 Å². The molecular formula is C20H23N3O3S. The van der Waals surface area contributed by atoms with Gasteiger partial charge in [-0.1, -0.05) is 12.1 Å². The highest BCUT2D eigenvalue weighted by atomic mass is 32.2.